The second-order valence-electron chi connectivity index (χ2n) is 6.32. The van der Waals surface area contributed by atoms with Crippen LogP contribution in [0.15, 0.2) is 29.0 Å². The van der Waals surface area contributed by atoms with Gasteiger partial charge in [-0.15, -0.1) is 0 Å². The number of hydrogen-bond acceptors (Lipinski definition) is 4. The number of amides is 1. The smallest absolute Gasteiger partial charge is 0.226 e. The number of furan rings is 1. The van der Waals surface area contributed by atoms with Crippen molar-refractivity contribution in [3.63, 3.8) is 0 Å². The molecule has 1 saturated heterocycles. The molecule has 3 atom stereocenters. The summed E-state index contributed by atoms with van der Waals surface area (Å²) >= 11 is 0. The van der Waals surface area contributed by atoms with E-state index in [0.29, 0.717) is 6.61 Å². The van der Waals surface area contributed by atoms with Gasteiger partial charge >= 0.3 is 0 Å². The summed E-state index contributed by atoms with van der Waals surface area (Å²) in [5, 5.41) is 7.39. The zero-order valence-electron chi connectivity index (χ0n) is 13.2. The SMILES string of the molecule is Cn1nccc1[C@@H]1OCC[C@H]1C(=O)N[C@H]1CCCc2occc21. The van der Waals surface area contributed by atoms with Crippen molar-refractivity contribution in [1.29, 1.82) is 0 Å². The molecule has 6 nitrogen and oxygen atoms in total. The number of carbonyl (C=O) groups excluding carboxylic acids is 1. The van der Waals surface area contributed by atoms with E-state index in [0.717, 1.165) is 42.7 Å². The van der Waals surface area contributed by atoms with Crippen molar-refractivity contribution >= 4 is 5.91 Å². The van der Waals surface area contributed by atoms with Gasteiger partial charge < -0.3 is 14.5 Å². The Morgan fingerprint density at radius 1 is 1.39 bits per heavy atom. The maximum absolute atomic E-state index is 12.8. The van der Waals surface area contributed by atoms with Crippen LogP contribution in [-0.2, 0) is 23.0 Å². The molecule has 0 radical (unpaired) electrons. The lowest BCUT2D eigenvalue weighted by Crippen LogP contribution is -2.36. The average Bonchev–Trinajstić information content (AvgIpc) is 3.26. The molecule has 1 aliphatic carbocycles. The maximum Gasteiger partial charge on any atom is 0.226 e. The van der Waals surface area contributed by atoms with E-state index >= 15 is 0 Å². The van der Waals surface area contributed by atoms with Gasteiger partial charge in [-0.1, -0.05) is 0 Å². The summed E-state index contributed by atoms with van der Waals surface area (Å²) in [6.07, 6.45) is 6.94. The zero-order valence-corrected chi connectivity index (χ0v) is 13.2. The molecule has 122 valence electrons. The highest BCUT2D eigenvalue weighted by molar-refractivity contribution is 5.80. The van der Waals surface area contributed by atoms with Crippen LogP contribution >= 0.6 is 0 Å². The molecular formula is C17H21N3O3. The van der Waals surface area contributed by atoms with E-state index in [9.17, 15) is 4.79 Å². The van der Waals surface area contributed by atoms with Crippen molar-refractivity contribution in [3.05, 3.63) is 41.6 Å². The van der Waals surface area contributed by atoms with E-state index in [2.05, 4.69) is 10.4 Å². The second-order valence-corrected chi connectivity index (χ2v) is 6.32. The standard InChI is InChI=1S/C17H21N3O3/c1-20-14(5-8-18-20)16-12(7-10-23-16)17(21)19-13-3-2-4-15-11(13)6-9-22-15/h5-6,8-9,12-13,16H,2-4,7,10H2,1H3,(H,19,21)/t12-,13+,16-/m1/s1. The number of hydrogen-bond donors (Lipinski definition) is 1. The lowest BCUT2D eigenvalue weighted by molar-refractivity contribution is -0.127. The van der Waals surface area contributed by atoms with Gasteiger partial charge in [-0.25, -0.2) is 0 Å². The van der Waals surface area contributed by atoms with Gasteiger partial charge in [0.1, 0.15) is 11.9 Å². The summed E-state index contributed by atoms with van der Waals surface area (Å²) in [4.78, 5) is 12.8. The van der Waals surface area contributed by atoms with Crippen LogP contribution in [0.5, 0.6) is 0 Å². The highest BCUT2D eigenvalue weighted by Crippen LogP contribution is 2.36. The summed E-state index contributed by atoms with van der Waals surface area (Å²) in [5.74, 6) is 0.905. The molecular weight excluding hydrogens is 294 g/mol. The third-order valence-electron chi connectivity index (χ3n) is 4.95. The van der Waals surface area contributed by atoms with Gasteiger partial charge in [0.2, 0.25) is 5.91 Å². The van der Waals surface area contributed by atoms with E-state index < -0.39 is 0 Å². The quantitative estimate of drug-likeness (QED) is 0.943. The van der Waals surface area contributed by atoms with Gasteiger partial charge in [-0.3, -0.25) is 9.48 Å². The number of nitrogens with one attached hydrogen (secondary N) is 1. The maximum atomic E-state index is 12.8. The number of nitrogens with zero attached hydrogens (tertiary/aromatic N) is 2. The number of fused-ring (bicyclic) bond motifs is 1. The van der Waals surface area contributed by atoms with Crippen LogP contribution in [-0.4, -0.2) is 22.3 Å². The number of carbonyl (C=O) groups is 1. The Bertz CT molecular complexity index is 706. The van der Waals surface area contributed by atoms with E-state index in [1.54, 1.807) is 17.1 Å². The van der Waals surface area contributed by atoms with Crippen LogP contribution in [0.4, 0.5) is 0 Å². The number of ether oxygens (including phenoxy) is 1. The van der Waals surface area contributed by atoms with E-state index in [1.165, 1.54) is 0 Å². The molecule has 0 aromatic carbocycles. The first-order chi connectivity index (χ1) is 11.2. The van der Waals surface area contributed by atoms with Gasteiger partial charge in [0, 0.05) is 31.8 Å². The summed E-state index contributed by atoms with van der Waals surface area (Å²) in [7, 11) is 1.88. The first-order valence-electron chi connectivity index (χ1n) is 8.20. The van der Waals surface area contributed by atoms with Crippen LogP contribution in [0.1, 0.15) is 48.4 Å². The third-order valence-corrected chi connectivity index (χ3v) is 4.95. The Balaban J connectivity index is 1.50. The predicted molar refractivity (Wildman–Crippen MR) is 82.5 cm³/mol. The first kappa shape index (κ1) is 14.5. The molecule has 0 saturated carbocycles. The number of rotatable bonds is 3. The molecule has 1 fully saturated rings. The number of aromatic nitrogens is 2. The monoisotopic (exact) mass is 315 g/mol. The van der Waals surface area contributed by atoms with Crippen LogP contribution in [0.25, 0.3) is 0 Å². The Morgan fingerprint density at radius 3 is 3.13 bits per heavy atom. The molecule has 6 heteroatoms. The fourth-order valence-corrected chi connectivity index (χ4v) is 3.73. The molecule has 0 bridgehead atoms. The largest absolute Gasteiger partial charge is 0.469 e. The molecule has 3 heterocycles. The molecule has 1 aliphatic heterocycles. The van der Waals surface area contributed by atoms with Crippen molar-refractivity contribution in [1.82, 2.24) is 15.1 Å². The lowest BCUT2D eigenvalue weighted by Gasteiger charge is -2.25. The second kappa shape index (κ2) is 5.85. The van der Waals surface area contributed by atoms with Crippen LogP contribution in [0.2, 0.25) is 0 Å². The normalized spacial score (nSPS) is 26.9. The van der Waals surface area contributed by atoms with Crippen molar-refractivity contribution in [2.75, 3.05) is 6.61 Å². The molecule has 23 heavy (non-hydrogen) atoms. The predicted octanol–water partition coefficient (Wildman–Crippen LogP) is 2.28. The fourth-order valence-electron chi connectivity index (χ4n) is 3.73. The van der Waals surface area contributed by atoms with E-state index in [-0.39, 0.29) is 24.0 Å². The summed E-state index contributed by atoms with van der Waals surface area (Å²) in [6.45, 7) is 0.607. The third kappa shape index (κ3) is 2.57. The molecule has 1 amide bonds. The minimum absolute atomic E-state index is 0.0535. The summed E-state index contributed by atoms with van der Waals surface area (Å²) < 4.78 is 13.1. The minimum Gasteiger partial charge on any atom is -0.469 e. The van der Waals surface area contributed by atoms with E-state index in [4.69, 9.17) is 9.15 Å². The molecule has 0 unspecified atom stereocenters. The van der Waals surface area contributed by atoms with Crippen LogP contribution in [0.3, 0.4) is 0 Å². The molecule has 4 rings (SSSR count). The Hall–Kier alpha value is -2.08. The van der Waals surface area contributed by atoms with Gasteiger partial charge in [0.25, 0.3) is 0 Å². The zero-order chi connectivity index (χ0) is 15.8. The minimum atomic E-state index is -0.213. The summed E-state index contributed by atoms with van der Waals surface area (Å²) in [5.41, 5.74) is 2.08. The Morgan fingerprint density at radius 2 is 2.30 bits per heavy atom. The highest BCUT2D eigenvalue weighted by Gasteiger charge is 2.38. The molecule has 2 aromatic heterocycles. The molecule has 0 spiro atoms. The Kier molecular flexibility index (Phi) is 3.69. The highest BCUT2D eigenvalue weighted by atomic mass is 16.5. The first-order valence-corrected chi connectivity index (χ1v) is 8.20. The van der Waals surface area contributed by atoms with Crippen molar-refractivity contribution < 1.29 is 13.9 Å². The van der Waals surface area contributed by atoms with Crippen LogP contribution < -0.4 is 5.32 Å². The van der Waals surface area contributed by atoms with Gasteiger partial charge in [-0.05, 0) is 31.4 Å². The Labute approximate surface area is 134 Å². The van der Waals surface area contributed by atoms with Crippen molar-refractivity contribution in [2.45, 2.75) is 37.8 Å². The fraction of sp³-hybridized carbons (Fsp3) is 0.529. The van der Waals surface area contributed by atoms with Crippen molar-refractivity contribution in [3.8, 4) is 0 Å². The van der Waals surface area contributed by atoms with Gasteiger partial charge in [-0.2, -0.15) is 5.10 Å². The summed E-state index contributed by atoms with van der Waals surface area (Å²) in [6, 6.07) is 3.95. The topological polar surface area (TPSA) is 69.3 Å². The van der Waals surface area contributed by atoms with Gasteiger partial charge in [0.05, 0.1) is 23.9 Å². The molecule has 1 N–H and O–H groups in total. The average molecular weight is 315 g/mol. The van der Waals surface area contributed by atoms with Gasteiger partial charge in [0.15, 0.2) is 0 Å². The van der Waals surface area contributed by atoms with E-state index in [1.807, 2.05) is 19.2 Å². The van der Waals surface area contributed by atoms with Crippen LogP contribution in [0, 0.1) is 5.92 Å². The van der Waals surface area contributed by atoms with Crippen molar-refractivity contribution in [2.24, 2.45) is 13.0 Å². The lowest BCUT2D eigenvalue weighted by atomic mass is 9.91. The number of aryl methyl sites for hydroxylation is 2. The molecule has 2 aliphatic rings. The molecule has 2 aromatic rings.